The van der Waals surface area contributed by atoms with Crippen LogP contribution in [0.5, 0.6) is 0 Å². The van der Waals surface area contributed by atoms with Crippen LogP contribution >= 0.6 is 34.9 Å². The van der Waals surface area contributed by atoms with E-state index in [2.05, 4.69) is 22.4 Å². The summed E-state index contributed by atoms with van der Waals surface area (Å²) in [4.78, 5) is 10.4. The molecule has 2 N–H and O–H groups in total. The van der Waals surface area contributed by atoms with Crippen molar-refractivity contribution in [1.29, 1.82) is 0 Å². The third-order valence-corrected chi connectivity index (χ3v) is 4.32. The van der Waals surface area contributed by atoms with Gasteiger partial charge < -0.3 is 10.4 Å². The first-order valence-corrected chi connectivity index (χ1v) is 7.75. The van der Waals surface area contributed by atoms with Crippen LogP contribution in [0.1, 0.15) is 6.92 Å². The van der Waals surface area contributed by atoms with Gasteiger partial charge in [0.05, 0.1) is 5.75 Å². The van der Waals surface area contributed by atoms with Gasteiger partial charge in [-0.2, -0.15) is 11.8 Å². The quantitative estimate of drug-likeness (QED) is 0.738. The van der Waals surface area contributed by atoms with E-state index in [9.17, 15) is 4.79 Å². The van der Waals surface area contributed by atoms with E-state index in [4.69, 9.17) is 5.11 Å². The molecule has 8 heteroatoms. The van der Waals surface area contributed by atoms with Gasteiger partial charge in [-0.15, -0.1) is 10.2 Å². The lowest BCUT2D eigenvalue weighted by Crippen LogP contribution is -2.17. The molecule has 0 aliphatic carbocycles. The number of nitrogens with one attached hydrogen (secondary N) is 1. The molecule has 0 amide bonds. The lowest BCUT2D eigenvalue weighted by atomic mass is 10.4. The van der Waals surface area contributed by atoms with Crippen molar-refractivity contribution >= 4 is 46.0 Å². The SMILES string of the molecule is CSCC(C)Nc1nnc(SCC(=O)O)s1. The number of aliphatic carboxylic acids is 1. The molecule has 0 saturated heterocycles. The Labute approximate surface area is 106 Å². The maximum absolute atomic E-state index is 10.4. The van der Waals surface area contributed by atoms with Crippen molar-refractivity contribution in [3.05, 3.63) is 0 Å². The Hall–Kier alpha value is -0.470. The second-order valence-electron chi connectivity index (χ2n) is 3.06. The standard InChI is InChI=1S/C8H13N3O2S3/c1-5(3-14-2)9-7-10-11-8(16-7)15-4-6(12)13/h5H,3-4H2,1-2H3,(H,9,10)(H,12,13). The number of carbonyl (C=O) groups is 1. The lowest BCUT2D eigenvalue weighted by Gasteiger charge is -2.09. The third kappa shape index (κ3) is 5.04. The zero-order valence-electron chi connectivity index (χ0n) is 8.97. The summed E-state index contributed by atoms with van der Waals surface area (Å²) in [5.41, 5.74) is 0. The largest absolute Gasteiger partial charge is 0.481 e. The minimum absolute atomic E-state index is 0.0228. The minimum atomic E-state index is -0.842. The van der Waals surface area contributed by atoms with Gasteiger partial charge in [0.1, 0.15) is 0 Å². The van der Waals surface area contributed by atoms with Crippen molar-refractivity contribution in [2.75, 3.05) is 23.1 Å². The number of carboxylic acids is 1. The fourth-order valence-electron chi connectivity index (χ4n) is 0.952. The molecule has 0 aliphatic heterocycles. The molecule has 0 aromatic carbocycles. The molecule has 1 aromatic heterocycles. The maximum atomic E-state index is 10.4. The third-order valence-electron chi connectivity index (χ3n) is 1.51. The molecular formula is C8H13N3O2S3. The summed E-state index contributed by atoms with van der Waals surface area (Å²) in [5.74, 6) is 0.178. The van der Waals surface area contributed by atoms with E-state index in [1.165, 1.54) is 23.1 Å². The van der Waals surface area contributed by atoms with E-state index >= 15 is 0 Å². The molecule has 1 heterocycles. The van der Waals surface area contributed by atoms with E-state index < -0.39 is 5.97 Å². The maximum Gasteiger partial charge on any atom is 0.313 e. The summed E-state index contributed by atoms with van der Waals surface area (Å²) < 4.78 is 0.682. The van der Waals surface area contributed by atoms with Gasteiger partial charge in [0.2, 0.25) is 5.13 Å². The Bertz CT molecular complexity index is 345. The first-order valence-electron chi connectivity index (χ1n) is 4.55. The average molecular weight is 279 g/mol. The Morgan fingerprint density at radius 1 is 1.62 bits per heavy atom. The van der Waals surface area contributed by atoms with E-state index in [-0.39, 0.29) is 5.75 Å². The van der Waals surface area contributed by atoms with Gasteiger partial charge in [0.25, 0.3) is 0 Å². The molecule has 1 rings (SSSR count). The molecule has 1 atom stereocenters. The summed E-state index contributed by atoms with van der Waals surface area (Å²) in [7, 11) is 0. The van der Waals surface area contributed by atoms with Gasteiger partial charge in [-0.1, -0.05) is 23.1 Å². The van der Waals surface area contributed by atoms with Gasteiger partial charge in [-0.3, -0.25) is 4.79 Å². The van der Waals surface area contributed by atoms with Crippen LogP contribution in [0.25, 0.3) is 0 Å². The number of anilines is 1. The predicted molar refractivity (Wildman–Crippen MR) is 69.7 cm³/mol. The average Bonchev–Trinajstić information content (AvgIpc) is 2.63. The van der Waals surface area contributed by atoms with Crippen molar-refractivity contribution in [3.8, 4) is 0 Å². The number of aromatic nitrogens is 2. The second kappa shape index (κ2) is 6.97. The Morgan fingerprint density at radius 2 is 2.38 bits per heavy atom. The fraction of sp³-hybridized carbons (Fsp3) is 0.625. The summed E-state index contributed by atoms with van der Waals surface area (Å²) >= 11 is 4.34. The van der Waals surface area contributed by atoms with Crippen LogP contribution in [-0.2, 0) is 4.79 Å². The summed E-state index contributed by atoms with van der Waals surface area (Å²) in [5, 5.41) is 20.3. The Kier molecular flexibility index (Phi) is 5.93. The van der Waals surface area contributed by atoms with Crippen LogP contribution in [-0.4, -0.2) is 45.1 Å². The summed E-state index contributed by atoms with van der Waals surface area (Å²) in [6.45, 7) is 2.07. The molecule has 0 fully saturated rings. The molecule has 16 heavy (non-hydrogen) atoms. The van der Waals surface area contributed by atoms with Crippen molar-refractivity contribution in [3.63, 3.8) is 0 Å². The highest BCUT2D eigenvalue weighted by Crippen LogP contribution is 2.25. The fourth-order valence-corrected chi connectivity index (χ4v) is 3.12. The van der Waals surface area contributed by atoms with E-state index in [0.29, 0.717) is 10.4 Å². The number of rotatable bonds is 7. The minimum Gasteiger partial charge on any atom is -0.481 e. The number of hydrogen-bond acceptors (Lipinski definition) is 7. The van der Waals surface area contributed by atoms with E-state index in [1.807, 2.05) is 6.26 Å². The van der Waals surface area contributed by atoms with Crippen molar-refractivity contribution in [2.45, 2.75) is 17.3 Å². The molecule has 0 bridgehead atoms. The normalized spacial score (nSPS) is 12.4. The number of nitrogens with zero attached hydrogens (tertiary/aromatic N) is 2. The van der Waals surface area contributed by atoms with Crippen molar-refractivity contribution in [1.82, 2.24) is 10.2 Å². The molecule has 90 valence electrons. The van der Waals surface area contributed by atoms with Crippen LogP contribution in [0.15, 0.2) is 4.34 Å². The van der Waals surface area contributed by atoms with Gasteiger partial charge in [-0.25, -0.2) is 0 Å². The summed E-state index contributed by atoms with van der Waals surface area (Å²) in [6.07, 6.45) is 2.05. The van der Waals surface area contributed by atoms with Crippen molar-refractivity contribution < 1.29 is 9.90 Å². The highest BCUT2D eigenvalue weighted by Gasteiger charge is 2.08. The molecule has 0 radical (unpaired) electrons. The molecule has 0 spiro atoms. The van der Waals surface area contributed by atoms with Gasteiger partial charge in [-0.05, 0) is 13.2 Å². The second-order valence-corrected chi connectivity index (χ2v) is 6.17. The van der Waals surface area contributed by atoms with Crippen LogP contribution in [0, 0.1) is 0 Å². The smallest absolute Gasteiger partial charge is 0.313 e. The van der Waals surface area contributed by atoms with Crippen LogP contribution in [0.2, 0.25) is 0 Å². The monoisotopic (exact) mass is 279 g/mol. The van der Waals surface area contributed by atoms with Gasteiger partial charge in [0.15, 0.2) is 4.34 Å². The van der Waals surface area contributed by atoms with E-state index in [0.717, 1.165) is 10.9 Å². The van der Waals surface area contributed by atoms with Gasteiger partial charge in [0, 0.05) is 11.8 Å². The van der Waals surface area contributed by atoms with E-state index in [1.54, 1.807) is 11.8 Å². The highest BCUT2D eigenvalue weighted by molar-refractivity contribution is 8.01. The van der Waals surface area contributed by atoms with Crippen LogP contribution in [0.3, 0.4) is 0 Å². The Balaban J connectivity index is 2.41. The van der Waals surface area contributed by atoms with Crippen LogP contribution < -0.4 is 5.32 Å². The molecule has 5 nitrogen and oxygen atoms in total. The number of hydrogen-bond donors (Lipinski definition) is 2. The zero-order valence-corrected chi connectivity index (χ0v) is 11.4. The lowest BCUT2D eigenvalue weighted by molar-refractivity contribution is -0.133. The molecular weight excluding hydrogens is 266 g/mol. The Morgan fingerprint density at radius 3 is 3.00 bits per heavy atom. The van der Waals surface area contributed by atoms with Crippen LogP contribution in [0.4, 0.5) is 5.13 Å². The predicted octanol–water partition coefficient (Wildman–Crippen LogP) is 1.88. The topological polar surface area (TPSA) is 75.1 Å². The van der Waals surface area contributed by atoms with Crippen molar-refractivity contribution in [2.24, 2.45) is 0 Å². The molecule has 1 unspecified atom stereocenters. The zero-order chi connectivity index (χ0) is 12.0. The number of thioether (sulfide) groups is 2. The molecule has 0 saturated carbocycles. The summed E-state index contributed by atoms with van der Waals surface area (Å²) in [6, 6.07) is 0.334. The molecule has 1 aromatic rings. The van der Waals surface area contributed by atoms with Gasteiger partial charge >= 0.3 is 5.97 Å². The number of carboxylic acid groups (broad SMARTS) is 1. The first-order chi connectivity index (χ1) is 7.61. The first kappa shape index (κ1) is 13.6. The molecule has 0 aliphatic rings. The highest BCUT2D eigenvalue weighted by atomic mass is 32.2.